The highest BCUT2D eigenvalue weighted by Gasteiger charge is 2.24. The summed E-state index contributed by atoms with van der Waals surface area (Å²) >= 11 is 0.879. The van der Waals surface area contributed by atoms with E-state index in [0.29, 0.717) is 23.1 Å². The summed E-state index contributed by atoms with van der Waals surface area (Å²) < 4.78 is 21.9. The first-order valence-electron chi connectivity index (χ1n) is 13.1. The summed E-state index contributed by atoms with van der Waals surface area (Å²) in [5.41, 5.74) is 4.43. The van der Waals surface area contributed by atoms with Gasteiger partial charge in [-0.25, -0.2) is 4.98 Å². The van der Waals surface area contributed by atoms with Crippen molar-refractivity contribution < 1.29 is 38.1 Å². The summed E-state index contributed by atoms with van der Waals surface area (Å²) in [6.07, 6.45) is 1.66. The minimum Gasteiger partial charge on any atom is -0.489 e. The number of rotatable bonds is 12. The Bertz CT molecular complexity index is 1490. The average molecular weight is 591 g/mol. The Kier molecular flexibility index (Phi) is 10.3. The second-order valence-corrected chi connectivity index (χ2v) is 10.5. The zero-order valence-corrected chi connectivity index (χ0v) is 24.2. The quantitative estimate of drug-likeness (QED) is 0.225. The van der Waals surface area contributed by atoms with E-state index in [4.69, 9.17) is 18.9 Å². The molecule has 0 radical (unpaired) electrons. The Morgan fingerprint density at radius 2 is 1.64 bits per heavy atom. The first kappa shape index (κ1) is 30.3. The number of carbonyl (C=O) groups excluding carboxylic acids is 4. The van der Waals surface area contributed by atoms with E-state index >= 15 is 0 Å². The normalized spacial score (nSPS) is 13.7. The number of carbonyl (C=O) groups is 4. The van der Waals surface area contributed by atoms with E-state index in [2.05, 4.69) is 10.3 Å². The lowest BCUT2D eigenvalue weighted by molar-refractivity contribution is -0.146. The van der Waals surface area contributed by atoms with E-state index in [0.717, 1.165) is 39.7 Å². The molecule has 2 amide bonds. The molecule has 2 heterocycles. The number of thioether (sulfide) groups is 1. The molecule has 1 aliphatic heterocycles. The Labute approximate surface area is 247 Å². The zero-order valence-electron chi connectivity index (χ0n) is 23.4. The fourth-order valence-corrected chi connectivity index (χ4v) is 4.65. The highest BCUT2D eigenvalue weighted by atomic mass is 32.2. The molecule has 218 valence electrons. The molecule has 42 heavy (non-hydrogen) atoms. The summed E-state index contributed by atoms with van der Waals surface area (Å²) in [5.74, 6) is -0.488. The minimum absolute atomic E-state index is 0.0662. The number of ether oxygens (including phenoxy) is 4. The summed E-state index contributed by atoms with van der Waals surface area (Å²) in [4.78, 5) is 50.4. The van der Waals surface area contributed by atoms with E-state index in [-0.39, 0.29) is 36.9 Å². The molecule has 1 fully saturated rings. The molecule has 3 aromatic rings. The third-order valence-electron chi connectivity index (χ3n) is 6.04. The fraction of sp³-hybridized carbons (Fsp3) is 0.258. The number of nitrogens with zero attached hydrogens (tertiary/aromatic N) is 1. The maximum atomic E-state index is 11.7. The van der Waals surface area contributed by atoms with Crippen LogP contribution in [0.1, 0.15) is 30.7 Å². The molecule has 1 saturated heterocycles. The van der Waals surface area contributed by atoms with E-state index in [1.54, 1.807) is 12.1 Å². The molecule has 0 bridgehead atoms. The van der Waals surface area contributed by atoms with Crippen LogP contribution in [-0.2, 0) is 30.5 Å². The number of esters is 2. The molecular formula is C31H30N2O8S. The first-order valence-corrected chi connectivity index (χ1v) is 13.9. The van der Waals surface area contributed by atoms with E-state index in [1.807, 2.05) is 61.5 Å². The number of benzene rings is 2. The van der Waals surface area contributed by atoms with Gasteiger partial charge in [0.1, 0.15) is 25.6 Å². The van der Waals surface area contributed by atoms with Crippen molar-refractivity contribution in [3.8, 4) is 22.8 Å². The van der Waals surface area contributed by atoms with Gasteiger partial charge in [-0.2, -0.15) is 0 Å². The molecule has 4 rings (SSSR count). The van der Waals surface area contributed by atoms with Crippen LogP contribution in [0, 0.1) is 12.8 Å². The smallest absolute Gasteiger partial charge is 0.302 e. The zero-order chi connectivity index (χ0) is 30.1. The second kappa shape index (κ2) is 14.3. The number of aryl methyl sites for hydroxylation is 1. The highest BCUT2D eigenvalue weighted by molar-refractivity contribution is 8.18. The molecule has 0 saturated carbocycles. The van der Waals surface area contributed by atoms with Crippen LogP contribution >= 0.6 is 11.8 Å². The second-order valence-electron chi connectivity index (χ2n) is 9.47. The molecule has 10 nitrogen and oxygen atoms in total. The third kappa shape index (κ3) is 8.93. The lowest BCUT2D eigenvalue weighted by Gasteiger charge is -2.17. The molecular weight excluding hydrogens is 560 g/mol. The standard InChI is InChI=1S/C31H30N2O8S/c1-19-27(11-12-29(32-19)41-18-24(16-38-20(2)34)17-39-21(3)35)25-6-4-5-23(13-25)15-40-26-9-7-22(8-10-26)14-28-30(36)33-31(37)42-28/h4-14,24H,15-18H2,1-3H3,(H,33,36,37)/b28-14-. The molecule has 0 atom stereocenters. The molecule has 11 heteroatoms. The van der Waals surface area contributed by atoms with Gasteiger partial charge in [0.15, 0.2) is 0 Å². The lowest BCUT2D eigenvalue weighted by atomic mass is 10.0. The predicted octanol–water partition coefficient (Wildman–Crippen LogP) is 5.08. The maximum absolute atomic E-state index is 11.7. The van der Waals surface area contributed by atoms with Gasteiger partial charge in [-0.3, -0.25) is 24.5 Å². The van der Waals surface area contributed by atoms with Crippen LogP contribution in [0.15, 0.2) is 65.6 Å². The summed E-state index contributed by atoms with van der Waals surface area (Å²) in [6.45, 7) is 5.16. The summed E-state index contributed by atoms with van der Waals surface area (Å²) in [6, 6.07) is 18.9. The maximum Gasteiger partial charge on any atom is 0.302 e. The monoisotopic (exact) mass is 590 g/mol. The van der Waals surface area contributed by atoms with Gasteiger partial charge in [0.2, 0.25) is 5.88 Å². The van der Waals surface area contributed by atoms with Gasteiger partial charge in [-0.15, -0.1) is 0 Å². The van der Waals surface area contributed by atoms with Gasteiger partial charge in [0.05, 0.1) is 17.4 Å². The molecule has 2 aromatic carbocycles. The summed E-state index contributed by atoms with van der Waals surface area (Å²) in [7, 11) is 0. The van der Waals surface area contributed by atoms with Crippen LogP contribution in [0.5, 0.6) is 11.6 Å². The van der Waals surface area contributed by atoms with Crippen LogP contribution in [0.3, 0.4) is 0 Å². The van der Waals surface area contributed by atoms with Gasteiger partial charge in [-0.1, -0.05) is 30.3 Å². The van der Waals surface area contributed by atoms with Crippen molar-refractivity contribution >= 4 is 40.9 Å². The van der Waals surface area contributed by atoms with Crippen molar-refractivity contribution in [2.75, 3.05) is 19.8 Å². The van der Waals surface area contributed by atoms with Crippen molar-refractivity contribution in [3.05, 3.63) is 82.4 Å². The number of aromatic nitrogens is 1. The van der Waals surface area contributed by atoms with Crippen molar-refractivity contribution in [2.24, 2.45) is 5.92 Å². The van der Waals surface area contributed by atoms with Crippen LogP contribution in [0.2, 0.25) is 0 Å². The van der Waals surface area contributed by atoms with E-state index in [1.165, 1.54) is 13.8 Å². The van der Waals surface area contributed by atoms with E-state index < -0.39 is 11.9 Å². The number of imide groups is 1. The van der Waals surface area contributed by atoms with Crippen molar-refractivity contribution in [2.45, 2.75) is 27.4 Å². The van der Waals surface area contributed by atoms with Gasteiger partial charge < -0.3 is 18.9 Å². The Morgan fingerprint density at radius 1 is 0.929 bits per heavy atom. The van der Waals surface area contributed by atoms with Crippen molar-refractivity contribution in [3.63, 3.8) is 0 Å². The Balaban J connectivity index is 1.35. The van der Waals surface area contributed by atoms with Gasteiger partial charge in [0.25, 0.3) is 11.1 Å². The fourth-order valence-electron chi connectivity index (χ4n) is 3.97. The first-order chi connectivity index (χ1) is 20.2. The molecule has 0 spiro atoms. The highest BCUT2D eigenvalue weighted by Crippen LogP contribution is 2.28. The van der Waals surface area contributed by atoms with E-state index in [9.17, 15) is 19.2 Å². The van der Waals surface area contributed by atoms with Crippen molar-refractivity contribution in [1.82, 2.24) is 10.3 Å². The largest absolute Gasteiger partial charge is 0.489 e. The minimum atomic E-state index is -0.422. The average Bonchev–Trinajstić information content (AvgIpc) is 3.28. The van der Waals surface area contributed by atoms with Crippen LogP contribution in [0.25, 0.3) is 17.2 Å². The topological polar surface area (TPSA) is 130 Å². The molecule has 0 aliphatic carbocycles. The van der Waals surface area contributed by atoms with Gasteiger partial charge >= 0.3 is 11.9 Å². The SMILES string of the molecule is CC(=O)OCC(COC(C)=O)COc1ccc(-c2cccc(COc3ccc(/C=C4\SC(=O)NC4=O)cc3)c2)c(C)n1. The van der Waals surface area contributed by atoms with Crippen LogP contribution < -0.4 is 14.8 Å². The number of pyridine rings is 1. The van der Waals surface area contributed by atoms with Crippen LogP contribution in [-0.4, -0.2) is 47.9 Å². The van der Waals surface area contributed by atoms with Crippen molar-refractivity contribution in [1.29, 1.82) is 0 Å². The molecule has 0 unspecified atom stereocenters. The molecule has 1 aromatic heterocycles. The molecule has 1 N–H and O–H groups in total. The van der Waals surface area contributed by atoms with Crippen LogP contribution in [0.4, 0.5) is 4.79 Å². The number of amides is 2. The van der Waals surface area contributed by atoms with Gasteiger partial charge in [-0.05, 0) is 65.7 Å². The number of hydrogen-bond donors (Lipinski definition) is 1. The number of nitrogens with one attached hydrogen (secondary N) is 1. The molecule has 1 aliphatic rings. The summed E-state index contributed by atoms with van der Waals surface area (Å²) in [5, 5.41) is 1.87. The predicted molar refractivity (Wildman–Crippen MR) is 157 cm³/mol. The number of hydrogen-bond acceptors (Lipinski definition) is 10. The lowest BCUT2D eigenvalue weighted by Crippen LogP contribution is -2.25. The third-order valence-corrected chi connectivity index (χ3v) is 6.85. The Morgan fingerprint density at radius 3 is 2.26 bits per heavy atom. The Hall–Kier alpha value is -4.64. The van der Waals surface area contributed by atoms with Gasteiger partial charge in [0, 0.05) is 31.2 Å².